The molecular formula is C19H28N2O5S. The van der Waals surface area contributed by atoms with Crippen LogP contribution in [0.3, 0.4) is 0 Å². The first-order chi connectivity index (χ1) is 12.9. The van der Waals surface area contributed by atoms with Gasteiger partial charge in [-0.2, -0.15) is 4.31 Å². The van der Waals surface area contributed by atoms with E-state index in [1.165, 1.54) is 4.31 Å². The lowest BCUT2D eigenvalue weighted by Gasteiger charge is -2.35. The molecule has 2 heterocycles. The van der Waals surface area contributed by atoms with Gasteiger partial charge in [-0.25, -0.2) is 8.42 Å². The molecule has 0 N–H and O–H groups in total. The zero-order valence-corrected chi connectivity index (χ0v) is 16.8. The normalized spacial score (nSPS) is 24.7. The van der Waals surface area contributed by atoms with E-state index in [4.69, 9.17) is 9.47 Å². The summed E-state index contributed by atoms with van der Waals surface area (Å²) in [5.41, 5.74) is 0.957. The average Bonchev–Trinajstić information content (AvgIpc) is 2.66. The Morgan fingerprint density at radius 3 is 2.26 bits per heavy atom. The Kier molecular flexibility index (Phi) is 6.52. The number of benzene rings is 1. The van der Waals surface area contributed by atoms with Crippen molar-refractivity contribution in [1.29, 1.82) is 0 Å². The Morgan fingerprint density at radius 1 is 1.07 bits per heavy atom. The van der Waals surface area contributed by atoms with Gasteiger partial charge in [0.05, 0.1) is 30.3 Å². The molecular weight excluding hydrogens is 368 g/mol. The van der Waals surface area contributed by atoms with Crippen molar-refractivity contribution in [2.75, 3.05) is 39.4 Å². The van der Waals surface area contributed by atoms with E-state index in [9.17, 15) is 13.2 Å². The van der Waals surface area contributed by atoms with Gasteiger partial charge in [0.1, 0.15) is 0 Å². The molecule has 7 nitrogen and oxygen atoms in total. The maximum atomic E-state index is 12.6. The molecule has 8 heteroatoms. The number of morpholine rings is 2. The van der Waals surface area contributed by atoms with Crippen LogP contribution in [-0.4, -0.2) is 75.1 Å². The van der Waals surface area contributed by atoms with Crippen molar-refractivity contribution in [3.05, 3.63) is 29.8 Å². The van der Waals surface area contributed by atoms with E-state index in [-0.39, 0.29) is 23.0 Å². The molecule has 1 amide bonds. The van der Waals surface area contributed by atoms with Crippen LogP contribution in [0.4, 0.5) is 0 Å². The van der Waals surface area contributed by atoms with Crippen molar-refractivity contribution in [1.82, 2.24) is 9.21 Å². The molecule has 0 bridgehead atoms. The van der Waals surface area contributed by atoms with E-state index in [1.807, 2.05) is 18.7 Å². The average molecular weight is 397 g/mol. The molecule has 2 aliphatic rings. The van der Waals surface area contributed by atoms with E-state index in [2.05, 4.69) is 0 Å². The Morgan fingerprint density at radius 2 is 1.67 bits per heavy atom. The number of aryl methyl sites for hydroxylation is 1. The maximum absolute atomic E-state index is 12.6. The summed E-state index contributed by atoms with van der Waals surface area (Å²) >= 11 is 0. The molecule has 150 valence electrons. The second-order valence-corrected chi connectivity index (χ2v) is 9.15. The smallest absolute Gasteiger partial charge is 0.243 e. The van der Waals surface area contributed by atoms with Gasteiger partial charge >= 0.3 is 0 Å². The van der Waals surface area contributed by atoms with Crippen molar-refractivity contribution >= 4 is 15.9 Å². The molecule has 0 spiro atoms. The number of carbonyl (C=O) groups excluding carboxylic acids is 1. The minimum Gasteiger partial charge on any atom is -0.379 e. The Bertz CT molecular complexity index is 734. The third-order valence-corrected chi connectivity index (χ3v) is 6.84. The largest absolute Gasteiger partial charge is 0.379 e. The fourth-order valence-corrected chi connectivity index (χ4v) is 4.96. The summed E-state index contributed by atoms with van der Waals surface area (Å²) in [6, 6.07) is 6.85. The second kappa shape index (κ2) is 8.68. The molecule has 0 aliphatic carbocycles. The third-order valence-electron chi connectivity index (χ3n) is 4.93. The molecule has 0 aromatic heterocycles. The van der Waals surface area contributed by atoms with E-state index in [0.29, 0.717) is 52.2 Å². The number of nitrogens with zero attached hydrogens (tertiary/aromatic N) is 2. The van der Waals surface area contributed by atoms with Crippen molar-refractivity contribution in [3.63, 3.8) is 0 Å². The van der Waals surface area contributed by atoms with Gasteiger partial charge in [0.15, 0.2) is 0 Å². The molecule has 2 atom stereocenters. The molecule has 3 rings (SSSR count). The Hall–Kier alpha value is -1.48. The summed E-state index contributed by atoms with van der Waals surface area (Å²) in [6.45, 7) is 6.83. The van der Waals surface area contributed by atoms with Gasteiger partial charge in [0.2, 0.25) is 15.9 Å². The lowest BCUT2D eigenvalue weighted by atomic mass is 10.1. The van der Waals surface area contributed by atoms with Crippen molar-refractivity contribution < 1.29 is 22.7 Å². The monoisotopic (exact) mass is 396 g/mol. The van der Waals surface area contributed by atoms with Crippen molar-refractivity contribution in [2.24, 2.45) is 0 Å². The summed E-state index contributed by atoms with van der Waals surface area (Å²) in [5, 5.41) is 0. The molecule has 1 aromatic carbocycles. The quantitative estimate of drug-likeness (QED) is 0.749. The maximum Gasteiger partial charge on any atom is 0.243 e. The Balaban J connectivity index is 1.57. The fourth-order valence-electron chi connectivity index (χ4n) is 3.56. The summed E-state index contributed by atoms with van der Waals surface area (Å²) < 4.78 is 37.6. The van der Waals surface area contributed by atoms with Gasteiger partial charge in [-0.1, -0.05) is 12.1 Å². The number of ether oxygens (including phenoxy) is 2. The molecule has 0 radical (unpaired) electrons. The predicted octanol–water partition coefficient (Wildman–Crippen LogP) is 1.28. The number of rotatable bonds is 5. The molecule has 1 aromatic rings. The van der Waals surface area contributed by atoms with Crippen LogP contribution in [0.15, 0.2) is 29.2 Å². The standard InChI is InChI=1S/C19H28N2O5S/c1-15-13-20(14-16(2)26-15)19(22)8-5-17-3-6-18(7-4-17)27(23,24)21-9-11-25-12-10-21/h3-4,6-7,15-16H,5,8-14H2,1-2H3/t15-,16+. The Labute approximate surface area is 161 Å². The fraction of sp³-hybridized carbons (Fsp3) is 0.632. The summed E-state index contributed by atoms with van der Waals surface area (Å²) in [4.78, 5) is 14.6. The van der Waals surface area contributed by atoms with Crippen LogP contribution >= 0.6 is 0 Å². The van der Waals surface area contributed by atoms with E-state index in [1.54, 1.807) is 24.3 Å². The van der Waals surface area contributed by atoms with Gasteiger partial charge < -0.3 is 14.4 Å². The van der Waals surface area contributed by atoms with E-state index >= 15 is 0 Å². The van der Waals surface area contributed by atoms with E-state index < -0.39 is 10.0 Å². The van der Waals surface area contributed by atoms with Crippen LogP contribution in [0.1, 0.15) is 25.8 Å². The van der Waals surface area contributed by atoms with E-state index in [0.717, 1.165) is 5.56 Å². The van der Waals surface area contributed by atoms with Gasteiger partial charge in [0.25, 0.3) is 0 Å². The number of hydrogen-bond acceptors (Lipinski definition) is 5. The van der Waals surface area contributed by atoms with Gasteiger partial charge in [-0.3, -0.25) is 4.79 Å². The minimum absolute atomic E-state index is 0.0578. The lowest BCUT2D eigenvalue weighted by molar-refractivity contribution is -0.143. The molecule has 2 aliphatic heterocycles. The summed E-state index contributed by atoms with van der Waals surface area (Å²) in [7, 11) is -3.48. The third kappa shape index (κ3) is 5.07. The van der Waals surface area contributed by atoms with Gasteiger partial charge in [-0.15, -0.1) is 0 Å². The second-order valence-electron chi connectivity index (χ2n) is 7.22. The molecule has 2 saturated heterocycles. The molecule has 2 fully saturated rings. The van der Waals surface area contributed by atoms with Crippen molar-refractivity contribution in [3.8, 4) is 0 Å². The molecule has 0 unspecified atom stereocenters. The van der Waals surface area contributed by atoms with Crippen LogP contribution < -0.4 is 0 Å². The summed E-state index contributed by atoms with van der Waals surface area (Å²) in [6.07, 6.45) is 1.12. The SMILES string of the molecule is C[C@@H]1CN(C(=O)CCc2ccc(S(=O)(=O)N3CCOCC3)cc2)C[C@H](C)O1. The van der Waals surface area contributed by atoms with Gasteiger partial charge in [0, 0.05) is 32.6 Å². The highest BCUT2D eigenvalue weighted by Gasteiger charge is 2.27. The zero-order chi connectivity index (χ0) is 19.4. The predicted molar refractivity (Wildman–Crippen MR) is 101 cm³/mol. The summed E-state index contributed by atoms with van der Waals surface area (Å²) in [5.74, 6) is 0.113. The highest BCUT2D eigenvalue weighted by molar-refractivity contribution is 7.89. The van der Waals surface area contributed by atoms with Crippen LogP contribution in [0, 0.1) is 0 Å². The molecule has 0 saturated carbocycles. The van der Waals surface area contributed by atoms with Crippen LogP contribution in [-0.2, 0) is 30.7 Å². The highest BCUT2D eigenvalue weighted by Crippen LogP contribution is 2.19. The first-order valence-electron chi connectivity index (χ1n) is 9.46. The van der Waals surface area contributed by atoms with Crippen LogP contribution in [0.5, 0.6) is 0 Å². The first kappa shape index (κ1) is 20.3. The minimum atomic E-state index is -3.48. The zero-order valence-electron chi connectivity index (χ0n) is 16.0. The first-order valence-corrected chi connectivity index (χ1v) is 10.9. The topological polar surface area (TPSA) is 76.2 Å². The van der Waals surface area contributed by atoms with Gasteiger partial charge in [-0.05, 0) is 38.0 Å². The molecule has 27 heavy (non-hydrogen) atoms. The number of sulfonamides is 1. The number of hydrogen-bond donors (Lipinski definition) is 0. The highest BCUT2D eigenvalue weighted by atomic mass is 32.2. The van der Waals surface area contributed by atoms with Crippen LogP contribution in [0.2, 0.25) is 0 Å². The van der Waals surface area contributed by atoms with Crippen molar-refractivity contribution in [2.45, 2.75) is 43.8 Å². The number of amides is 1. The lowest BCUT2D eigenvalue weighted by Crippen LogP contribution is -2.48. The van der Waals surface area contributed by atoms with Crippen LogP contribution in [0.25, 0.3) is 0 Å². The number of carbonyl (C=O) groups is 1.